The van der Waals surface area contributed by atoms with Gasteiger partial charge in [0, 0.05) is 245 Å². The molecule has 0 saturated carbocycles. The van der Waals surface area contributed by atoms with Crippen molar-refractivity contribution in [1.29, 1.82) is 0 Å². The zero-order valence-corrected chi connectivity index (χ0v) is 77.8. The van der Waals surface area contributed by atoms with E-state index < -0.39 is 0 Å². The molecule has 0 unspecified atom stereocenters. The molecule has 10 aliphatic rings. The first-order valence-electron chi connectivity index (χ1n) is 43.0. The second-order valence-electron chi connectivity index (χ2n) is 34.4. The van der Waals surface area contributed by atoms with Gasteiger partial charge in [-0.25, -0.2) is 0 Å². The second kappa shape index (κ2) is 35.3. The standard InChI is InChI=1S/C22H26N4.C21H32N4.2C19H28N4.C18H26N4/c1-17-21(25-14-13-23(4)18(25)2)11-8-12-22(17)26-16-15-24(19(26)3)20-9-6-5-7-10-20;1-13-20(24-16(4)14(2)22(8)18(24)6)11-10-12-21(13)25-17(5)15(3)23(9)19(25)7;1-13-11-22(16(4)20(13)6)18-9-8-10-19(15(18)3)23-12-14(2)21(7)17(23)5;1-14(2)21-12-13-23(17(21)5)19-9-7-8-18(15(19)3)22-11-10-20(6)16(22)4;1-13-12-20(6)16(4)22(13)18-9-7-8-17(14(18)2)21-11-10-19(5)15(21)3/h5-16,18-19H,1-4H3;10-12,18-19H,1-9H3;8-12,16-17H,1-7H3;7-14,16-17H,1-6H3;7-12,15-16H,1-6H3/t2*18-,19+;2*16-,17+;15-,16+/m0..10/s1. The van der Waals surface area contributed by atoms with Crippen molar-refractivity contribution in [2.75, 3.05) is 110 Å². The minimum Gasteiger partial charge on any atom is -0.359 e. The van der Waals surface area contributed by atoms with E-state index in [2.05, 4.69) is 522 Å². The highest BCUT2D eigenvalue weighted by Crippen LogP contribution is 2.45. The number of anilines is 11. The molecule has 10 heterocycles. The molecule has 0 spiro atoms. The molecule has 10 aliphatic heterocycles. The summed E-state index contributed by atoms with van der Waals surface area (Å²) in [6, 6.07) is 44.1. The molecular formula is C99H140N20. The van der Waals surface area contributed by atoms with Gasteiger partial charge < -0.3 is 98.0 Å². The van der Waals surface area contributed by atoms with Crippen molar-refractivity contribution in [3.05, 3.63) is 270 Å². The van der Waals surface area contributed by atoms with Crippen molar-refractivity contribution in [2.45, 2.75) is 234 Å². The second-order valence-corrected chi connectivity index (χ2v) is 34.4. The van der Waals surface area contributed by atoms with Crippen LogP contribution in [-0.4, -0.2) is 168 Å². The minimum absolute atomic E-state index is 0.237. The number of para-hydroxylation sites is 1. The topological polar surface area (TPSA) is 64.8 Å². The first-order valence-corrected chi connectivity index (χ1v) is 43.0. The molecular weight excluding hydrogens is 1470 g/mol. The SMILES string of the molecule is CC1=C(C)N(c2cccc(N3C(C)=C(C)N(C)[C@@H]3C)c2C)[C@H](C)N1C.CC1=CN(C)[C@@H](C)N1c1cccc(N2C=CN(C)[C@@H]2C)c1C.CC1=CN(c2cccc(N3C=C(C)N(C)[C@@H]3C)c2C)[C@H](C)N1C.Cc1c(N2C=CN(C)[C@H]2C)cccc1N1C=CN(C(C)C)[C@@H]1C.Cc1c(N2C=CN(c3ccccc3)[C@H]2C)cccc1N1C=CN(C)[C@@H]1C. The van der Waals surface area contributed by atoms with Crippen LogP contribution in [0.4, 0.5) is 62.6 Å². The summed E-state index contributed by atoms with van der Waals surface area (Å²) in [7, 11) is 17.1. The summed E-state index contributed by atoms with van der Waals surface area (Å²) in [5, 5.41) is 0. The van der Waals surface area contributed by atoms with Gasteiger partial charge in [-0.15, -0.1) is 0 Å². The molecule has 0 N–H and O–H groups in total. The van der Waals surface area contributed by atoms with Crippen LogP contribution in [0.2, 0.25) is 0 Å². The molecule has 0 fully saturated rings. The lowest BCUT2D eigenvalue weighted by Crippen LogP contribution is -2.40. The molecule has 20 nitrogen and oxygen atoms in total. The summed E-state index contributed by atoms with van der Waals surface area (Å²) in [5.41, 5.74) is 29.9. The van der Waals surface area contributed by atoms with Gasteiger partial charge in [0.15, 0.2) is 0 Å². The fourth-order valence-corrected chi connectivity index (χ4v) is 18.4. The van der Waals surface area contributed by atoms with Crippen LogP contribution in [0.1, 0.15) is 159 Å². The highest BCUT2D eigenvalue weighted by Gasteiger charge is 2.38. The van der Waals surface area contributed by atoms with Crippen molar-refractivity contribution in [3.8, 4) is 0 Å². The van der Waals surface area contributed by atoms with E-state index in [4.69, 9.17) is 0 Å². The predicted molar refractivity (Wildman–Crippen MR) is 507 cm³/mol. The van der Waals surface area contributed by atoms with Gasteiger partial charge in [-0.05, 0) is 267 Å². The number of hydrogen-bond donors (Lipinski definition) is 0. The zero-order valence-electron chi connectivity index (χ0n) is 77.8. The van der Waals surface area contributed by atoms with Crippen LogP contribution < -0.4 is 53.9 Å². The van der Waals surface area contributed by atoms with Gasteiger partial charge in [-0.3, -0.25) is 0 Å². The van der Waals surface area contributed by atoms with Gasteiger partial charge in [0.05, 0.1) is 0 Å². The molecule has 0 amide bonds. The number of rotatable bonds is 12. The van der Waals surface area contributed by atoms with Crippen LogP contribution in [0, 0.1) is 34.6 Å². The van der Waals surface area contributed by atoms with Crippen LogP contribution in [0.25, 0.3) is 0 Å². The summed E-state index contributed by atoms with van der Waals surface area (Å²) in [6.07, 6.45) is 31.7. The number of hydrogen-bond acceptors (Lipinski definition) is 20. The molecule has 636 valence electrons. The normalized spacial score (nSPS) is 23.8. The molecule has 6 aromatic carbocycles. The van der Waals surface area contributed by atoms with Gasteiger partial charge in [0.2, 0.25) is 0 Å². The van der Waals surface area contributed by atoms with Gasteiger partial charge >= 0.3 is 0 Å². The molecule has 119 heavy (non-hydrogen) atoms. The predicted octanol–water partition coefficient (Wildman–Crippen LogP) is 20.7. The Kier molecular flexibility index (Phi) is 25.8. The Bertz CT molecular complexity index is 4850. The van der Waals surface area contributed by atoms with Gasteiger partial charge in [-0.1, -0.05) is 48.5 Å². The van der Waals surface area contributed by atoms with E-state index in [1.54, 1.807) is 0 Å². The van der Waals surface area contributed by atoms with E-state index in [0.717, 1.165) is 0 Å². The third-order valence-corrected chi connectivity index (χ3v) is 27.7. The average molecular weight is 1610 g/mol. The number of allylic oxidation sites excluding steroid dienone is 7. The Morgan fingerprint density at radius 2 is 0.513 bits per heavy atom. The first-order chi connectivity index (χ1) is 56.4. The molecule has 6 aromatic rings. The Hall–Kier alpha value is -11.3. The summed E-state index contributed by atoms with van der Waals surface area (Å²) >= 11 is 0. The van der Waals surface area contributed by atoms with Crippen molar-refractivity contribution < 1.29 is 0 Å². The van der Waals surface area contributed by atoms with Gasteiger partial charge in [0.25, 0.3) is 0 Å². The van der Waals surface area contributed by atoms with Crippen molar-refractivity contribution in [3.63, 3.8) is 0 Å². The molecule has 0 bridgehead atoms. The number of nitrogens with zero attached hydrogens (tertiary/aromatic N) is 20. The van der Waals surface area contributed by atoms with Crippen LogP contribution >= 0.6 is 0 Å². The Morgan fingerprint density at radius 1 is 0.218 bits per heavy atom. The maximum Gasteiger partial charge on any atom is 0.107 e. The first kappa shape index (κ1) is 87.0. The van der Waals surface area contributed by atoms with Crippen LogP contribution in [0.15, 0.2) is 242 Å². The van der Waals surface area contributed by atoms with Crippen molar-refractivity contribution >= 4 is 62.6 Å². The van der Waals surface area contributed by atoms with Crippen LogP contribution in [0.3, 0.4) is 0 Å². The zero-order chi connectivity index (χ0) is 86.5. The van der Waals surface area contributed by atoms with Crippen LogP contribution in [0.5, 0.6) is 0 Å². The van der Waals surface area contributed by atoms with E-state index in [0.29, 0.717) is 61.5 Å². The molecule has 16 rings (SSSR count). The third-order valence-electron chi connectivity index (χ3n) is 27.7. The summed E-state index contributed by atoms with van der Waals surface area (Å²) in [6.45, 7) is 53.5. The minimum atomic E-state index is 0.237. The maximum atomic E-state index is 2.46. The summed E-state index contributed by atoms with van der Waals surface area (Å²) in [4.78, 5) is 46.7. The largest absolute Gasteiger partial charge is 0.359 e. The Morgan fingerprint density at radius 3 is 0.807 bits per heavy atom. The van der Waals surface area contributed by atoms with E-state index in [1.807, 2.05) is 0 Å². The fourth-order valence-electron chi connectivity index (χ4n) is 18.4. The maximum absolute atomic E-state index is 2.46. The monoisotopic (exact) mass is 1610 g/mol. The smallest absolute Gasteiger partial charge is 0.107 e. The summed E-state index contributed by atoms with van der Waals surface area (Å²) in [5.74, 6) is 0. The molecule has 0 aliphatic carbocycles. The third kappa shape index (κ3) is 16.3. The number of benzene rings is 6. The van der Waals surface area contributed by atoms with E-state index in [9.17, 15) is 0 Å². The molecule has 0 radical (unpaired) electrons. The lowest BCUT2D eigenvalue weighted by molar-refractivity contribution is 0.263. The van der Waals surface area contributed by atoms with E-state index in [-0.39, 0.29) is 6.17 Å². The van der Waals surface area contributed by atoms with E-state index >= 15 is 0 Å². The van der Waals surface area contributed by atoms with E-state index in [1.165, 1.54) is 130 Å². The van der Waals surface area contributed by atoms with Gasteiger partial charge in [0.1, 0.15) is 61.7 Å². The Labute approximate surface area is 716 Å². The van der Waals surface area contributed by atoms with Crippen molar-refractivity contribution in [1.82, 2.24) is 44.1 Å². The van der Waals surface area contributed by atoms with Crippen molar-refractivity contribution in [2.24, 2.45) is 0 Å². The lowest BCUT2D eigenvalue weighted by atomic mass is 10.1. The molecule has 20 heteroatoms. The summed E-state index contributed by atoms with van der Waals surface area (Å²) < 4.78 is 0. The molecule has 0 saturated heterocycles. The highest BCUT2D eigenvalue weighted by atomic mass is 15.5. The van der Waals surface area contributed by atoms with Gasteiger partial charge in [-0.2, -0.15) is 0 Å². The molecule has 10 atom stereocenters. The highest BCUT2D eigenvalue weighted by molar-refractivity contribution is 5.77. The molecule has 0 aromatic heterocycles. The average Bonchev–Trinajstić information content (AvgIpc) is 1.68. The quantitative estimate of drug-likeness (QED) is 0.117. The Balaban J connectivity index is 0.000000137. The fraction of sp³-hybridized carbons (Fsp3) is 0.434. The van der Waals surface area contributed by atoms with Crippen LogP contribution in [-0.2, 0) is 0 Å². The lowest BCUT2D eigenvalue weighted by Gasteiger charge is -2.34.